The van der Waals surface area contributed by atoms with Crippen molar-refractivity contribution in [2.75, 3.05) is 26.4 Å². The molecule has 172 valence electrons. The molecule has 0 spiro atoms. The summed E-state index contributed by atoms with van der Waals surface area (Å²) in [6.45, 7) is 10.2. The van der Waals surface area contributed by atoms with Crippen LogP contribution in [0.5, 0.6) is 11.5 Å². The van der Waals surface area contributed by atoms with Gasteiger partial charge in [0.2, 0.25) is 0 Å². The van der Waals surface area contributed by atoms with Crippen LogP contribution in [-0.2, 0) is 14.9 Å². The van der Waals surface area contributed by atoms with Crippen LogP contribution in [0.1, 0.15) is 57.1 Å². The van der Waals surface area contributed by atoms with Gasteiger partial charge in [0.25, 0.3) is 0 Å². The first-order valence-corrected chi connectivity index (χ1v) is 12.2. The second-order valence-electron chi connectivity index (χ2n) is 10.4. The molecule has 2 saturated heterocycles. The Bertz CT molecular complexity index is 881. The summed E-state index contributed by atoms with van der Waals surface area (Å²) in [5.74, 6) is 3.83. The third-order valence-corrected chi connectivity index (χ3v) is 7.80. The highest BCUT2D eigenvalue weighted by molar-refractivity contribution is 5.34. The van der Waals surface area contributed by atoms with Gasteiger partial charge in [0.15, 0.2) is 0 Å². The first-order chi connectivity index (χ1) is 15.5. The fraction of sp³-hybridized carbons (Fsp3) is 0.571. The van der Waals surface area contributed by atoms with E-state index in [1.165, 1.54) is 30.4 Å². The lowest BCUT2D eigenvalue weighted by molar-refractivity contribution is 0.177. The molecule has 0 amide bonds. The molecule has 5 unspecified atom stereocenters. The second kappa shape index (κ2) is 9.07. The van der Waals surface area contributed by atoms with Crippen LogP contribution in [0.2, 0.25) is 0 Å². The number of hydrogen-bond acceptors (Lipinski definition) is 4. The third kappa shape index (κ3) is 5.13. The SMILES string of the molecule is CC1CCC(C(C)(C)c2ccc(OCC3CO3)cc2)CC1c1ccc(OCC2CO2)cc1. The number of hydrogen-bond donors (Lipinski definition) is 0. The van der Waals surface area contributed by atoms with Gasteiger partial charge in [-0.3, -0.25) is 0 Å². The normalized spacial score (nSPS) is 29.4. The fourth-order valence-corrected chi connectivity index (χ4v) is 5.18. The predicted molar refractivity (Wildman–Crippen MR) is 126 cm³/mol. The van der Waals surface area contributed by atoms with E-state index in [2.05, 4.69) is 69.3 Å². The van der Waals surface area contributed by atoms with Gasteiger partial charge >= 0.3 is 0 Å². The number of epoxide rings is 2. The Hall–Kier alpha value is -2.04. The molecular weight excluding hydrogens is 400 g/mol. The van der Waals surface area contributed by atoms with Crippen molar-refractivity contribution in [2.24, 2.45) is 11.8 Å². The summed E-state index contributed by atoms with van der Waals surface area (Å²) in [6, 6.07) is 17.6. The second-order valence-corrected chi connectivity index (χ2v) is 10.4. The molecule has 5 atom stereocenters. The lowest BCUT2D eigenvalue weighted by atomic mass is 9.62. The average Bonchev–Trinajstić information content (AvgIpc) is 3.72. The number of rotatable bonds is 9. The molecule has 4 heteroatoms. The minimum atomic E-state index is 0.129. The van der Waals surface area contributed by atoms with Crippen LogP contribution >= 0.6 is 0 Å². The summed E-state index contributed by atoms with van der Waals surface area (Å²) in [7, 11) is 0. The van der Waals surface area contributed by atoms with Crippen molar-refractivity contribution in [2.45, 2.75) is 63.6 Å². The van der Waals surface area contributed by atoms with Gasteiger partial charge in [-0.2, -0.15) is 0 Å². The van der Waals surface area contributed by atoms with E-state index >= 15 is 0 Å². The Labute approximate surface area is 192 Å². The summed E-state index contributed by atoms with van der Waals surface area (Å²) >= 11 is 0. The van der Waals surface area contributed by atoms with Gasteiger partial charge in [0.05, 0.1) is 13.2 Å². The van der Waals surface area contributed by atoms with E-state index < -0.39 is 0 Å². The van der Waals surface area contributed by atoms with Crippen molar-refractivity contribution < 1.29 is 18.9 Å². The molecule has 3 fully saturated rings. The largest absolute Gasteiger partial charge is 0.491 e. The molecule has 0 radical (unpaired) electrons. The molecule has 5 rings (SSSR count). The lowest BCUT2D eigenvalue weighted by Gasteiger charge is -2.43. The summed E-state index contributed by atoms with van der Waals surface area (Å²) in [6.07, 6.45) is 4.37. The molecule has 1 aliphatic carbocycles. The van der Waals surface area contributed by atoms with Gasteiger partial charge in [0, 0.05) is 0 Å². The number of ether oxygens (including phenoxy) is 4. The molecule has 2 heterocycles. The zero-order valence-electron chi connectivity index (χ0n) is 19.6. The van der Waals surface area contributed by atoms with Gasteiger partial charge in [-0.25, -0.2) is 0 Å². The van der Waals surface area contributed by atoms with Crippen LogP contribution in [0.15, 0.2) is 48.5 Å². The lowest BCUT2D eigenvalue weighted by Crippen LogP contribution is -2.34. The zero-order chi connectivity index (χ0) is 22.1. The zero-order valence-corrected chi connectivity index (χ0v) is 19.6. The standard InChI is InChI=1S/C28H36O4/c1-19-4-7-22(14-27(19)20-5-10-23(11-6-20)29-15-25-17-31-25)28(2,3)21-8-12-24(13-9-21)30-16-26-18-32-26/h5-6,8-13,19,22,25-27H,4,7,14-18H2,1-3H3. The molecular formula is C28H36O4. The molecule has 3 aliphatic rings. The molecule has 0 aromatic heterocycles. The molecule has 0 N–H and O–H groups in total. The average molecular weight is 437 g/mol. The van der Waals surface area contributed by atoms with Crippen LogP contribution in [0.3, 0.4) is 0 Å². The van der Waals surface area contributed by atoms with E-state index in [9.17, 15) is 0 Å². The van der Waals surface area contributed by atoms with E-state index in [-0.39, 0.29) is 5.41 Å². The molecule has 1 saturated carbocycles. The molecule has 2 aromatic rings. The van der Waals surface area contributed by atoms with E-state index in [1.807, 2.05) is 0 Å². The van der Waals surface area contributed by atoms with Crippen molar-refractivity contribution in [1.29, 1.82) is 0 Å². The minimum absolute atomic E-state index is 0.129. The van der Waals surface area contributed by atoms with Gasteiger partial charge in [-0.1, -0.05) is 45.0 Å². The van der Waals surface area contributed by atoms with Gasteiger partial charge in [-0.15, -0.1) is 0 Å². The van der Waals surface area contributed by atoms with Crippen molar-refractivity contribution in [3.8, 4) is 11.5 Å². The highest BCUT2D eigenvalue weighted by Crippen LogP contribution is 2.48. The Kier molecular flexibility index (Phi) is 6.18. The van der Waals surface area contributed by atoms with Crippen molar-refractivity contribution in [1.82, 2.24) is 0 Å². The number of benzene rings is 2. The summed E-state index contributed by atoms with van der Waals surface area (Å²) in [5.41, 5.74) is 2.97. The predicted octanol–water partition coefficient (Wildman–Crippen LogP) is 5.74. The summed E-state index contributed by atoms with van der Waals surface area (Å²) in [5, 5.41) is 0. The first kappa shape index (κ1) is 21.8. The summed E-state index contributed by atoms with van der Waals surface area (Å²) < 4.78 is 22.1. The fourth-order valence-electron chi connectivity index (χ4n) is 5.18. The quantitative estimate of drug-likeness (QED) is 0.470. The van der Waals surface area contributed by atoms with Gasteiger partial charge < -0.3 is 18.9 Å². The highest BCUT2D eigenvalue weighted by atomic mass is 16.6. The highest BCUT2D eigenvalue weighted by Gasteiger charge is 2.38. The molecule has 32 heavy (non-hydrogen) atoms. The van der Waals surface area contributed by atoms with Crippen molar-refractivity contribution in [3.63, 3.8) is 0 Å². The van der Waals surface area contributed by atoms with E-state index in [4.69, 9.17) is 18.9 Å². The topological polar surface area (TPSA) is 43.5 Å². The molecule has 2 aliphatic heterocycles. The van der Waals surface area contributed by atoms with E-state index in [1.54, 1.807) is 0 Å². The van der Waals surface area contributed by atoms with Crippen molar-refractivity contribution >= 4 is 0 Å². The van der Waals surface area contributed by atoms with Crippen LogP contribution < -0.4 is 9.47 Å². The minimum Gasteiger partial charge on any atom is -0.491 e. The van der Waals surface area contributed by atoms with Gasteiger partial charge in [0.1, 0.15) is 36.9 Å². The Morgan fingerprint density at radius 2 is 1.34 bits per heavy atom. The summed E-state index contributed by atoms with van der Waals surface area (Å²) in [4.78, 5) is 0. The Balaban J connectivity index is 1.24. The van der Waals surface area contributed by atoms with E-state index in [0.29, 0.717) is 43.2 Å². The first-order valence-electron chi connectivity index (χ1n) is 12.2. The van der Waals surface area contributed by atoms with E-state index in [0.717, 1.165) is 24.7 Å². The van der Waals surface area contributed by atoms with Crippen LogP contribution in [-0.4, -0.2) is 38.6 Å². The van der Waals surface area contributed by atoms with Gasteiger partial charge in [-0.05, 0) is 77.8 Å². The smallest absolute Gasteiger partial charge is 0.119 e. The van der Waals surface area contributed by atoms with Crippen molar-refractivity contribution in [3.05, 3.63) is 59.7 Å². The molecule has 2 aromatic carbocycles. The third-order valence-electron chi connectivity index (χ3n) is 7.80. The maximum absolute atomic E-state index is 5.83. The van der Waals surface area contributed by atoms with Crippen LogP contribution in [0.4, 0.5) is 0 Å². The Morgan fingerprint density at radius 3 is 1.88 bits per heavy atom. The Morgan fingerprint density at radius 1 is 0.812 bits per heavy atom. The maximum Gasteiger partial charge on any atom is 0.119 e. The van der Waals surface area contributed by atoms with Crippen LogP contribution in [0.25, 0.3) is 0 Å². The van der Waals surface area contributed by atoms with Crippen LogP contribution in [0, 0.1) is 11.8 Å². The maximum atomic E-state index is 5.83. The molecule has 0 bridgehead atoms. The monoisotopic (exact) mass is 436 g/mol. The molecule has 4 nitrogen and oxygen atoms in total.